The molecule has 5 N–H and O–H groups in total. The summed E-state index contributed by atoms with van der Waals surface area (Å²) in [6, 6.07) is 0. The van der Waals surface area contributed by atoms with Crippen LogP contribution >= 0.6 is 0 Å². The predicted molar refractivity (Wildman–Crippen MR) is 49.9 cm³/mol. The number of nitrogens with two attached hydrogens (primary N) is 1. The Morgan fingerprint density at radius 3 is 1.77 bits per heavy atom. The van der Waals surface area contributed by atoms with Crippen molar-refractivity contribution in [3.05, 3.63) is 4.91 Å². The van der Waals surface area contributed by atoms with Gasteiger partial charge in [-0.1, -0.05) is 18.9 Å². The zero-order chi connectivity index (χ0) is 10.9. The third kappa shape index (κ3) is 51.7. The first-order valence-electron chi connectivity index (χ1n) is 4.07. The fourth-order valence-electron chi connectivity index (χ4n) is 0.306. The summed E-state index contributed by atoms with van der Waals surface area (Å²) < 4.78 is 0. The van der Waals surface area contributed by atoms with Gasteiger partial charge in [-0.3, -0.25) is 0 Å². The zero-order valence-corrected chi connectivity index (χ0v) is 8.03. The van der Waals surface area contributed by atoms with E-state index >= 15 is 0 Å². The molecule has 0 heterocycles. The molecular formula is C7H20N2O4. The SMILES string of the molecule is CCCCO.N=O.NOCCCO. The predicted octanol–water partition coefficient (Wildman–Crippen LogP) is 0.369. The Kier molecular flexibility index (Phi) is 42.3. The summed E-state index contributed by atoms with van der Waals surface area (Å²) in [6.45, 7) is 2.99. The van der Waals surface area contributed by atoms with Crippen LogP contribution in [-0.2, 0) is 4.84 Å². The molecule has 6 heteroatoms. The fourth-order valence-corrected chi connectivity index (χ4v) is 0.306. The summed E-state index contributed by atoms with van der Waals surface area (Å²) in [5.74, 6) is 4.60. The second kappa shape index (κ2) is 30.1. The molecule has 0 spiro atoms. The van der Waals surface area contributed by atoms with Crippen LogP contribution in [-0.4, -0.2) is 30.0 Å². The Morgan fingerprint density at radius 1 is 1.23 bits per heavy atom. The lowest BCUT2D eigenvalue weighted by molar-refractivity contribution is 0.118. The molecule has 0 atom stereocenters. The number of nitrogens with one attached hydrogen (secondary N) is 1. The van der Waals surface area contributed by atoms with Crippen molar-refractivity contribution < 1.29 is 15.1 Å². The molecule has 0 saturated heterocycles. The van der Waals surface area contributed by atoms with Crippen LogP contribution in [0.5, 0.6) is 0 Å². The maximum atomic E-state index is 8.07. The van der Waals surface area contributed by atoms with Crippen LogP contribution in [0.4, 0.5) is 0 Å². The standard InChI is InChI=1S/C4H10O.C3H9NO2.HNO/c1-2-3-4-5;4-6-3-1-2-5;1-2/h5H,2-4H2,1H3;5H,1-4H2;1H. The van der Waals surface area contributed by atoms with Crippen LogP contribution < -0.4 is 5.90 Å². The Labute approximate surface area is 78.4 Å². The van der Waals surface area contributed by atoms with Crippen molar-refractivity contribution in [3.8, 4) is 0 Å². The van der Waals surface area contributed by atoms with E-state index in [2.05, 4.69) is 23.3 Å². The molecule has 0 amide bonds. The van der Waals surface area contributed by atoms with Gasteiger partial charge in [-0.05, 0) is 12.8 Å². The van der Waals surface area contributed by atoms with E-state index in [-0.39, 0.29) is 6.61 Å². The second-order valence-corrected chi connectivity index (χ2v) is 2.03. The molecular weight excluding hydrogens is 176 g/mol. The number of nitroso groups, excluding NO2 is 1. The van der Waals surface area contributed by atoms with Crippen LogP contribution in [0.1, 0.15) is 26.2 Å². The van der Waals surface area contributed by atoms with Gasteiger partial charge in [-0.15, -0.1) is 0 Å². The molecule has 6 nitrogen and oxygen atoms in total. The number of hydrogen-bond acceptors (Lipinski definition) is 6. The van der Waals surface area contributed by atoms with Gasteiger partial charge >= 0.3 is 0 Å². The second-order valence-electron chi connectivity index (χ2n) is 2.03. The van der Waals surface area contributed by atoms with Crippen LogP contribution in [0, 0.1) is 10.5 Å². The number of unbranched alkanes of at least 4 members (excludes halogenated alkanes) is 1. The first-order valence-corrected chi connectivity index (χ1v) is 4.07. The minimum absolute atomic E-state index is 0.150. The van der Waals surface area contributed by atoms with Crippen LogP contribution in [0.25, 0.3) is 0 Å². The van der Waals surface area contributed by atoms with Crippen LogP contribution in [0.3, 0.4) is 0 Å². The van der Waals surface area contributed by atoms with Crippen molar-refractivity contribution in [2.45, 2.75) is 26.2 Å². The third-order valence-corrected chi connectivity index (χ3v) is 0.932. The average Bonchev–Trinajstić information content (AvgIpc) is 2.20. The van der Waals surface area contributed by atoms with Gasteiger partial charge in [0.05, 0.1) is 6.61 Å². The maximum absolute atomic E-state index is 8.07. The molecule has 82 valence electrons. The van der Waals surface area contributed by atoms with E-state index in [9.17, 15) is 0 Å². The van der Waals surface area contributed by atoms with Crippen molar-refractivity contribution in [2.24, 2.45) is 5.90 Å². The van der Waals surface area contributed by atoms with Crippen molar-refractivity contribution in [1.82, 2.24) is 0 Å². The number of rotatable bonds is 5. The van der Waals surface area contributed by atoms with Gasteiger partial charge in [0.1, 0.15) is 0 Å². The quantitative estimate of drug-likeness (QED) is 0.288. The lowest BCUT2D eigenvalue weighted by Crippen LogP contribution is -2.01. The molecule has 0 saturated carbocycles. The molecule has 0 aromatic rings. The Balaban J connectivity index is -0.000000131. The largest absolute Gasteiger partial charge is 0.396 e. The summed E-state index contributed by atoms with van der Waals surface area (Å²) in [4.78, 5) is 11.6. The third-order valence-electron chi connectivity index (χ3n) is 0.932. The monoisotopic (exact) mass is 196 g/mol. The van der Waals surface area contributed by atoms with Gasteiger partial charge in [0.15, 0.2) is 0 Å². The molecule has 13 heavy (non-hydrogen) atoms. The molecule has 0 unspecified atom stereocenters. The van der Waals surface area contributed by atoms with E-state index < -0.39 is 0 Å². The summed E-state index contributed by atoms with van der Waals surface area (Å²) in [5.41, 5.74) is 4.50. The molecule has 0 aliphatic rings. The van der Waals surface area contributed by atoms with Gasteiger partial charge in [0.2, 0.25) is 0 Å². The molecule has 0 radical (unpaired) electrons. The van der Waals surface area contributed by atoms with Gasteiger partial charge < -0.3 is 15.1 Å². The first-order chi connectivity index (χ1) is 6.33. The summed E-state index contributed by atoms with van der Waals surface area (Å²) in [6.07, 6.45) is 2.66. The molecule has 0 rings (SSSR count). The van der Waals surface area contributed by atoms with E-state index in [0.717, 1.165) is 12.8 Å². The van der Waals surface area contributed by atoms with Crippen molar-refractivity contribution in [3.63, 3.8) is 0 Å². The highest BCUT2D eigenvalue weighted by molar-refractivity contribution is 4.24. The lowest BCUT2D eigenvalue weighted by atomic mass is 10.4. The highest BCUT2D eigenvalue weighted by Crippen LogP contribution is 1.78. The minimum Gasteiger partial charge on any atom is -0.396 e. The van der Waals surface area contributed by atoms with E-state index in [1.807, 2.05) is 0 Å². The van der Waals surface area contributed by atoms with E-state index in [0.29, 0.717) is 19.6 Å². The fraction of sp³-hybridized carbons (Fsp3) is 1.00. The summed E-state index contributed by atoms with van der Waals surface area (Å²) in [5, 5.41) is 16.1. The van der Waals surface area contributed by atoms with Gasteiger partial charge in [0.25, 0.3) is 0 Å². The van der Waals surface area contributed by atoms with Gasteiger partial charge in [-0.25, -0.2) is 5.90 Å². The first kappa shape index (κ1) is 18.3. The van der Waals surface area contributed by atoms with Crippen molar-refractivity contribution >= 4 is 0 Å². The van der Waals surface area contributed by atoms with Crippen molar-refractivity contribution in [2.75, 3.05) is 19.8 Å². The van der Waals surface area contributed by atoms with Gasteiger partial charge in [-0.2, -0.15) is 4.91 Å². The highest BCUT2D eigenvalue weighted by atomic mass is 16.6. The number of aliphatic hydroxyl groups is 2. The number of hydrogen-bond donors (Lipinski definition) is 4. The van der Waals surface area contributed by atoms with Gasteiger partial charge in [0, 0.05) is 13.2 Å². The molecule has 0 fully saturated rings. The highest BCUT2D eigenvalue weighted by Gasteiger charge is 1.76. The smallest absolute Gasteiger partial charge is 0.0701 e. The van der Waals surface area contributed by atoms with Crippen LogP contribution in [0.2, 0.25) is 0 Å². The lowest BCUT2D eigenvalue weighted by Gasteiger charge is -1.88. The van der Waals surface area contributed by atoms with E-state index in [1.54, 1.807) is 0 Å². The van der Waals surface area contributed by atoms with E-state index in [4.69, 9.17) is 15.1 Å². The molecule has 0 bridgehead atoms. The zero-order valence-electron chi connectivity index (χ0n) is 8.03. The van der Waals surface area contributed by atoms with Crippen molar-refractivity contribution in [1.29, 1.82) is 5.59 Å². The molecule has 0 aliphatic heterocycles. The summed E-state index contributed by atoms with van der Waals surface area (Å²) >= 11 is 0. The molecule has 0 aromatic carbocycles. The minimum atomic E-state index is 0.150. The number of aliphatic hydroxyl groups excluding tert-OH is 2. The maximum Gasteiger partial charge on any atom is 0.0701 e. The summed E-state index contributed by atoms with van der Waals surface area (Å²) in [7, 11) is 0. The normalized spacial score (nSPS) is 7.69. The molecule has 0 aliphatic carbocycles. The Hall–Kier alpha value is -0.560. The Morgan fingerprint density at radius 2 is 1.69 bits per heavy atom. The average molecular weight is 196 g/mol. The topological polar surface area (TPSA) is 117 Å². The van der Waals surface area contributed by atoms with E-state index in [1.165, 1.54) is 0 Å². The Bertz CT molecular complexity index is 60.5. The van der Waals surface area contributed by atoms with Crippen LogP contribution in [0.15, 0.2) is 0 Å². The molecule has 0 aromatic heterocycles.